The smallest absolute Gasteiger partial charge is 0.249 e. The Morgan fingerprint density at radius 1 is 1.38 bits per heavy atom. The predicted octanol–water partition coefficient (Wildman–Crippen LogP) is 2.45. The van der Waals surface area contributed by atoms with E-state index in [0.29, 0.717) is 11.6 Å². The minimum atomic E-state index is -0.354. The van der Waals surface area contributed by atoms with Crippen molar-refractivity contribution in [2.75, 3.05) is 5.32 Å². The van der Waals surface area contributed by atoms with E-state index < -0.39 is 0 Å². The minimum Gasteiger partial charge on any atom is -0.382 e. The molecule has 0 aliphatic heterocycles. The average Bonchev–Trinajstić information content (AvgIpc) is 2.73. The second-order valence-corrected chi connectivity index (χ2v) is 4.47. The molecule has 0 spiro atoms. The lowest BCUT2D eigenvalue weighted by Crippen LogP contribution is -2.18. The first-order valence-corrected chi connectivity index (χ1v) is 5.84. The summed E-state index contributed by atoms with van der Waals surface area (Å²) < 4.78 is 0. The fraction of sp³-hybridized carbons (Fsp3) is 0.462. The molecule has 16 heavy (non-hydrogen) atoms. The number of primary amides is 1. The summed E-state index contributed by atoms with van der Waals surface area (Å²) in [5.74, 6) is -0.354. The maximum absolute atomic E-state index is 11.2. The normalized spacial score (nSPS) is 16.3. The monoisotopic (exact) mass is 218 g/mol. The number of hydrogen-bond acceptors (Lipinski definition) is 2. The van der Waals surface area contributed by atoms with Gasteiger partial charge in [0.25, 0.3) is 0 Å². The number of anilines is 1. The molecule has 0 heterocycles. The van der Waals surface area contributed by atoms with E-state index in [2.05, 4.69) is 5.32 Å². The molecule has 3 nitrogen and oxygen atoms in total. The maximum Gasteiger partial charge on any atom is 0.249 e. The molecule has 1 aromatic carbocycles. The molecule has 1 saturated carbocycles. The summed E-state index contributed by atoms with van der Waals surface area (Å²) in [6.45, 7) is 1.94. The molecular weight excluding hydrogens is 200 g/mol. The number of hydrogen-bond donors (Lipinski definition) is 2. The van der Waals surface area contributed by atoms with Crippen molar-refractivity contribution < 1.29 is 4.79 Å². The summed E-state index contributed by atoms with van der Waals surface area (Å²) in [5, 5.41) is 3.50. The van der Waals surface area contributed by atoms with Gasteiger partial charge in [0.1, 0.15) is 0 Å². The van der Waals surface area contributed by atoms with Gasteiger partial charge in [0.15, 0.2) is 0 Å². The quantitative estimate of drug-likeness (QED) is 0.818. The molecule has 1 fully saturated rings. The lowest BCUT2D eigenvalue weighted by atomic mass is 10.1. The highest BCUT2D eigenvalue weighted by atomic mass is 16.1. The molecule has 0 bridgehead atoms. The van der Waals surface area contributed by atoms with Crippen LogP contribution in [0.3, 0.4) is 0 Å². The van der Waals surface area contributed by atoms with Gasteiger partial charge in [-0.15, -0.1) is 0 Å². The van der Waals surface area contributed by atoms with E-state index >= 15 is 0 Å². The number of carbonyl (C=O) groups excluding carboxylic acids is 1. The van der Waals surface area contributed by atoms with Gasteiger partial charge in [-0.1, -0.05) is 18.9 Å². The highest BCUT2D eigenvalue weighted by Crippen LogP contribution is 2.25. The van der Waals surface area contributed by atoms with Gasteiger partial charge < -0.3 is 11.1 Å². The molecule has 0 aromatic heterocycles. The Morgan fingerprint density at radius 3 is 2.69 bits per heavy atom. The van der Waals surface area contributed by atoms with Crippen molar-refractivity contribution in [3.63, 3.8) is 0 Å². The van der Waals surface area contributed by atoms with Crippen LogP contribution in [0.15, 0.2) is 18.2 Å². The van der Waals surface area contributed by atoms with Gasteiger partial charge in [0.05, 0.1) is 0 Å². The van der Waals surface area contributed by atoms with Crippen LogP contribution >= 0.6 is 0 Å². The molecule has 3 heteroatoms. The van der Waals surface area contributed by atoms with E-state index in [0.717, 1.165) is 11.3 Å². The first kappa shape index (κ1) is 11.0. The predicted molar refractivity (Wildman–Crippen MR) is 65.6 cm³/mol. The topological polar surface area (TPSA) is 55.1 Å². The zero-order chi connectivity index (χ0) is 11.5. The third-order valence-electron chi connectivity index (χ3n) is 3.31. The molecule has 0 atom stereocenters. The van der Waals surface area contributed by atoms with Crippen LogP contribution in [-0.4, -0.2) is 11.9 Å². The van der Waals surface area contributed by atoms with Crippen LogP contribution < -0.4 is 11.1 Å². The van der Waals surface area contributed by atoms with Gasteiger partial charge in [-0.3, -0.25) is 4.79 Å². The molecule has 1 aliphatic rings. The summed E-state index contributed by atoms with van der Waals surface area (Å²) in [5.41, 5.74) is 7.94. The Bertz CT molecular complexity index is 395. The van der Waals surface area contributed by atoms with Crippen molar-refractivity contribution in [2.24, 2.45) is 5.73 Å². The minimum absolute atomic E-state index is 0.354. The van der Waals surface area contributed by atoms with Crippen LogP contribution in [0.4, 0.5) is 5.69 Å². The Labute approximate surface area is 96.0 Å². The molecule has 1 aromatic rings. The van der Waals surface area contributed by atoms with Crippen LogP contribution in [0.1, 0.15) is 41.6 Å². The third-order valence-corrected chi connectivity index (χ3v) is 3.31. The van der Waals surface area contributed by atoms with E-state index in [-0.39, 0.29) is 5.91 Å². The molecule has 0 radical (unpaired) electrons. The molecule has 0 saturated heterocycles. The fourth-order valence-corrected chi connectivity index (χ4v) is 2.35. The molecule has 0 unspecified atom stereocenters. The van der Waals surface area contributed by atoms with Crippen LogP contribution in [0, 0.1) is 6.92 Å². The first-order valence-electron chi connectivity index (χ1n) is 5.84. The number of rotatable bonds is 3. The highest BCUT2D eigenvalue weighted by Gasteiger charge is 2.16. The number of benzene rings is 1. The Hall–Kier alpha value is -1.51. The van der Waals surface area contributed by atoms with E-state index in [1.54, 1.807) is 6.07 Å². The SMILES string of the molecule is Cc1c(NC2CCCC2)cccc1C(N)=O. The summed E-state index contributed by atoms with van der Waals surface area (Å²) >= 11 is 0. The lowest BCUT2D eigenvalue weighted by molar-refractivity contribution is 0.1000. The molecule has 2 rings (SSSR count). The van der Waals surface area contributed by atoms with E-state index in [9.17, 15) is 4.79 Å². The molecular formula is C13H18N2O. The average molecular weight is 218 g/mol. The van der Waals surface area contributed by atoms with Crippen LogP contribution in [-0.2, 0) is 0 Å². The van der Waals surface area contributed by atoms with Gasteiger partial charge in [-0.25, -0.2) is 0 Å². The van der Waals surface area contributed by atoms with Gasteiger partial charge in [0, 0.05) is 17.3 Å². The highest BCUT2D eigenvalue weighted by molar-refractivity contribution is 5.95. The molecule has 1 amide bonds. The maximum atomic E-state index is 11.2. The summed E-state index contributed by atoms with van der Waals surface area (Å²) in [4.78, 5) is 11.2. The van der Waals surface area contributed by atoms with Crippen molar-refractivity contribution in [2.45, 2.75) is 38.6 Å². The molecule has 86 valence electrons. The van der Waals surface area contributed by atoms with Crippen molar-refractivity contribution >= 4 is 11.6 Å². The van der Waals surface area contributed by atoms with Crippen molar-refractivity contribution in [3.05, 3.63) is 29.3 Å². The van der Waals surface area contributed by atoms with E-state index in [1.807, 2.05) is 19.1 Å². The van der Waals surface area contributed by atoms with Crippen LogP contribution in [0.5, 0.6) is 0 Å². The fourth-order valence-electron chi connectivity index (χ4n) is 2.35. The second-order valence-electron chi connectivity index (χ2n) is 4.47. The largest absolute Gasteiger partial charge is 0.382 e. The van der Waals surface area contributed by atoms with Gasteiger partial charge >= 0.3 is 0 Å². The van der Waals surface area contributed by atoms with Crippen LogP contribution in [0.25, 0.3) is 0 Å². The Morgan fingerprint density at radius 2 is 2.06 bits per heavy atom. The molecule has 1 aliphatic carbocycles. The second kappa shape index (κ2) is 4.56. The zero-order valence-corrected chi connectivity index (χ0v) is 9.62. The summed E-state index contributed by atoms with van der Waals surface area (Å²) in [6, 6.07) is 6.23. The lowest BCUT2D eigenvalue weighted by Gasteiger charge is -2.16. The molecule has 3 N–H and O–H groups in total. The number of amides is 1. The van der Waals surface area contributed by atoms with Crippen molar-refractivity contribution in [3.8, 4) is 0 Å². The van der Waals surface area contributed by atoms with Crippen LogP contribution in [0.2, 0.25) is 0 Å². The zero-order valence-electron chi connectivity index (χ0n) is 9.62. The van der Waals surface area contributed by atoms with Crippen molar-refractivity contribution in [1.29, 1.82) is 0 Å². The number of carbonyl (C=O) groups is 1. The van der Waals surface area contributed by atoms with Gasteiger partial charge in [-0.2, -0.15) is 0 Å². The third kappa shape index (κ3) is 2.18. The van der Waals surface area contributed by atoms with E-state index in [4.69, 9.17) is 5.73 Å². The van der Waals surface area contributed by atoms with Crippen molar-refractivity contribution in [1.82, 2.24) is 0 Å². The van der Waals surface area contributed by atoms with E-state index in [1.165, 1.54) is 25.7 Å². The van der Waals surface area contributed by atoms with Gasteiger partial charge in [0.2, 0.25) is 5.91 Å². The summed E-state index contributed by atoms with van der Waals surface area (Å²) in [6.07, 6.45) is 5.04. The Balaban J connectivity index is 2.20. The number of nitrogens with two attached hydrogens (primary N) is 1. The van der Waals surface area contributed by atoms with Gasteiger partial charge in [-0.05, 0) is 37.5 Å². The number of nitrogens with one attached hydrogen (secondary N) is 1. The Kier molecular flexibility index (Phi) is 3.13. The first-order chi connectivity index (χ1) is 7.68. The standard InChI is InChI=1S/C13H18N2O/c1-9-11(13(14)16)7-4-8-12(9)15-10-5-2-3-6-10/h4,7-8,10,15H,2-3,5-6H2,1H3,(H2,14,16). The summed E-state index contributed by atoms with van der Waals surface area (Å²) in [7, 11) is 0.